The Hall–Kier alpha value is -2.86. The number of fused-ring (bicyclic) bond motifs is 1. The standard InChI is InChI=1S/C21H24N4O2/c22-20(23)15-6-3-7-17(10-15)27-18-11-19(24-12-18)21(26)25-9-8-14-4-1-2-5-16(14)13-25/h1-7,10,18-19,24H,8-9,11-13H2,(H3,22,23). The van der Waals surface area contributed by atoms with E-state index in [1.54, 1.807) is 12.1 Å². The Morgan fingerprint density at radius 1 is 1.19 bits per heavy atom. The third-order valence-electron chi connectivity index (χ3n) is 5.28. The van der Waals surface area contributed by atoms with Crippen molar-refractivity contribution in [2.45, 2.75) is 31.5 Å². The van der Waals surface area contributed by atoms with Crippen LogP contribution in [0.25, 0.3) is 0 Å². The topological polar surface area (TPSA) is 91.4 Å². The summed E-state index contributed by atoms with van der Waals surface area (Å²) in [5, 5.41) is 10.8. The molecule has 2 aromatic rings. The Balaban J connectivity index is 1.36. The van der Waals surface area contributed by atoms with E-state index in [2.05, 4.69) is 23.5 Å². The van der Waals surface area contributed by atoms with Crippen LogP contribution >= 0.6 is 0 Å². The van der Waals surface area contributed by atoms with Crippen LogP contribution in [0.4, 0.5) is 0 Å². The van der Waals surface area contributed by atoms with Crippen molar-refractivity contribution in [1.82, 2.24) is 10.2 Å². The van der Waals surface area contributed by atoms with Gasteiger partial charge in [0.1, 0.15) is 17.7 Å². The lowest BCUT2D eigenvalue weighted by Crippen LogP contribution is -2.45. The number of nitrogen functional groups attached to an aromatic ring is 1. The molecule has 2 heterocycles. The van der Waals surface area contributed by atoms with Crippen molar-refractivity contribution >= 4 is 11.7 Å². The van der Waals surface area contributed by atoms with Gasteiger partial charge in [-0.25, -0.2) is 0 Å². The number of nitrogens with zero attached hydrogens (tertiary/aromatic N) is 1. The van der Waals surface area contributed by atoms with Gasteiger partial charge in [-0.15, -0.1) is 0 Å². The minimum atomic E-state index is -0.212. The first-order valence-corrected chi connectivity index (χ1v) is 9.30. The summed E-state index contributed by atoms with van der Waals surface area (Å²) in [6, 6.07) is 15.3. The fourth-order valence-corrected chi connectivity index (χ4v) is 3.81. The Bertz CT molecular complexity index is 867. The number of amides is 1. The maximum Gasteiger partial charge on any atom is 0.240 e. The number of benzene rings is 2. The molecule has 0 aliphatic carbocycles. The second-order valence-electron chi connectivity index (χ2n) is 7.16. The molecule has 0 bridgehead atoms. The average molecular weight is 364 g/mol. The molecule has 0 radical (unpaired) electrons. The van der Waals surface area contributed by atoms with Crippen molar-refractivity contribution in [3.63, 3.8) is 0 Å². The first kappa shape index (κ1) is 17.5. The monoisotopic (exact) mass is 364 g/mol. The Morgan fingerprint density at radius 3 is 2.81 bits per heavy atom. The minimum Gasteiger partial charge on any atom is -0.489 e. The van der Waals surface area contributed by atoms with Crippen molar-refractivity contribution in [1.29, 1.82) is 5.41 Å². The molecule has 4 rings (SSSR count). The zero-order chi connectivity index (χ0) is 18.8. The zero-order valence-corrected chi connectivity index (χ0v) is 15.2. The largest absolute Gasteiger partial charge is 0.489 e. The van der Waals surface area contributed by atoms with Gasteiger partial charge in [0.15, 0.2) is 0 Å². The van der Waals surface area contributed by atoms with Crippen LogP contribution in [-0.2, 0) is 17.8 Å². The van der Waals surface area contributed by atoms with Gasteiger partial charge in [-0.05, 0) is 29.7 Å². The number of carbonyl (C=O) groups is 1. The highest BCUT2D eigenvalue weighted by Crippen LogP contribution is 2.23. The molecule has 2 aliphatic heterocycles. The quantitative estimate of drug-likeness (QED) is 0.568. The molecule has 6 heteroatoms. The number of carbonyl (C=O) groups excluding carboxylic acids is 1. The molecule has 27 heavy (non-hydrogen) atoms. The molecule has 140 valence electrons. The minimum absolute atomic E-state index is 0.0171. The lowest BCUT2D eigenvalue weighted by atomic mass is 9.99. The van der Waals surface area contributed by atoms with Gasteiger partial charge < -0.3 is 20.7 Å². The second kappa shape index (κ2) is 7.40. The molecular weight excluding hydrogens is 340 g/mol. The average Bonchev–Trinajstić information content (AvgIpc) is 3.15. The number of amidine groups is 1. The Morgan fingerprint density at radius 2 is 2.00 bits per heavy atom. The van der Waals surface area contributed by atoms with Gasteiger partial charge in [0.25, 0.3) is 0 Å². The number of ether oxygens (including phenoxy) is 1. The van der Waals surface area contributed by atoms with Crippen molar-refractivity contribution in [2.75, 3.05) is 13.1 Å². The van der Waals surface area contributed by atoms with E-state index in [0.717, 1.165) is 13.0 Å². The lowest BCUT2D eigenvalue weighted by molar-refractivity contribution is -0.134. The SMILES string of the molecule is N=C(N)c1cccc(OC2CNC(C(=O)N3CCc4ccccc4C3)C2)c1. The first-order chi connectivity index (χ1) is 13.1. The normalized spacial score (nSPS) is 21.6. The summed E-state index contributed by atoms with van der Waals surface area (Å²) in [6.07, 6.45) is 1.48. The van der Waals surface area contributed by atoms with Crippen LogP contribution < -0.4 is 15.8 Å². The van der Waals surface area contributed by atoms with E-state index >= 15 is 0 Å². The van der Waals surface area contributed by atoms with Gasteiger partial charge in [-0.1, -0.05) is 36.4 Å². The fourth-order valence-electron chi connectivity index (χ4n) is 3.81. The van der Waals surface area contributed by atoms with Gasteiger partial charge in [-0.2, -0.15) is 0 Å². The molecule has 0 spiro atoms. The first-order valence-electron chi connectivity index (χ1n) is 9.30. The van der Waals surface area contributed by atoms with E-state index in [0.29, 0.717) is 30.8 Å². The second-order valence-corrected chi connectivity index (χ2v) is 7.16. The molecule has 1 amide bonds. The molecule has 0 saturated carbocycles. The van der Waals surface area contributed by atoms with Gasteiger partial charge in [-0.3, -0.25) is 10.2 Å². The highest BCUT2D eigenvalue weighted by molar-refractivity contribution is 5.95. The predicted octanol–water partition coefficient (Wildman–Crippen LogP) is 1.66. The Kier molecular flexibility index (Phi) is 4.81. The summed E-state index contributed by atoms with van der Waals surface area (Å²) in [5.41, 5.74) is 8.75. The van der Waals surface area contributed by atoms with E-state index in [1.165, 1.54) is 11.1 Å². The van der Waals surface area contributed by atoms with Crippen LogP contribution in [0.1, 0.15) is 23.1 Å². The molecule has 4 N–H and O–H groups in total. The maximum atomic E-state index is 12.9. The summed E-state index contributed by atoms with van der Waals surface area (Å²) in [5.74, 6) is 0.839. The van der Waals surface area contributed by atoms with Crippen molar-refractivity contribution in [3.05, 3.63) is 65.2 Å². The van der Waals surface area contributed by atoms with Crippen molar-refractivity contribution < 1.29 is 9.53 Å². The van der Waals surface area contributed by atoms with Gasteiger partial charge in [0.05, 0.1) is 6.04 Å². The summed E-state index contributed by atoms with van der Waals surface area (Å²) in [7, 11) is 0. The summed E-state index contributed by atoms with van der Waals surface area (Å²) >= 11 is 0. The number of hydrogen-bond donors (Lipinski definition) is 3. The van der Waals surface area contributed by atoms with Gasteiger partial charge in [0.2, 0.25) is 5.91 Å². The van der Waals surface area contributed by atoms with Crippen LogP contribution in [-0.4, -0.2) is 41.9 Å². The highest BCUT2D eigenvalue weighted by atomic mass is 16.5. The summed E-state index contributed by atoms with van der Waals surface area (Å²) in [6.45, 7) is 2.07. The van der Waals surface area contributed by atoms with Gasteiger partial charge in [0, 0.05) is 31.6 Å². The summed E-state index contributed by atoms with van der Waals surface area (Å²) in [4.78, 5) is 14.9. The van der Waals surface area contributed by atoms with E-state index in [4.69, 9.17) is 15.9 Å². The number of hydrogen-bond acceptors (Lipinski definition) is 4. The molecule has 1 saturated heterocycles. The van der Waals surface area contributed by atoms with Crippen LogP contribution in [0.2, 0.25) is 0 Å². The van der Waals surface area contributed by atoms with Crippen LogP contribution in [0.5, 0.6) is 5.75 Å². The van der Waals surface area contributed by atoms with E-state index in [-0.39, 0.29) is 23.9 Å². The molecular formula is C21H24N4O2. The van der Waals surface area contributed by atoms with E-state index in [9.17, 15) is 4.79 Å². The molecule has 1 fully saturated rings. The smallest absolute Gasteiger partial charge is 0.240 e. The van der Waals surface area contributed by atoms with Crippen LogP contribution in [0.3, 0.4) is 0 Å². The Labute approximate surface area is 158 Å². The fraction of sp³-hybridized carbons (Fsp3) is 0.333. The van der Waals surface area contributed by atoms with E-state index < -0.39 is 0 Å². The lowest BCUT2D eigenvalue weighted by Gasteiger charge is -2.30. The van der Waals surface area contributed by atoms with E-state index in [1.807, 2.05) is 23.1 Å². The van der Waals surface area contributed by atoms with Crippen LogP contribution in [0, 0.1) is 5.41 Å². The van der Waals surface area contributed by atoms with Crippen molar-refractivity contribution in [2.24, 2.45) is 5.73 Å². The third kappa shape index (κ3) is 3.80. The zero-order valence-electron chi connectivity index (χ0n) is 15.2. The molecule has 2 aromatic carbocycles. The van der Waals surface area contributed by atoms with Crippen LogP contribution in [0.15, 0.2) is 48.5 Å². The predicted molar refractivity (Wildman–Crippen MR) is 104 cm³/mol. The number of nitrogens with two attached hydrogens (primary N) is 1. The van der Waals surface area contributed by atoms with Gasteiger partial charge >= 0.3 is 0 Å². The summed E-state index contributed by atoms with van der Waals surface area (Å²) < 4.78 is 6.00. The highest BCUT2D eigenvalue weighted by Gasteiger charge is 2.34. The molecule has 2 atom stereocenters. The number of nitrogens with one attached hydrogen (secondary N) is 2. The molecule has 2 aliphatic rings. The molecule has 0 aromatic heterocycles. The number of rotatable bonds is 4. The maximum absolute atomic E-state index is 12.9. The van der Waals surface area contributed by atoms with Crippen molar-refractivity contribution in [3.8, 4) is 5.75 Å². The molecule has 2 unspecified atom stereocenters. The molecule has 6 nitrogen and oxygen atoms in total. The third-order valence-corrected chi connectivity index (χ3v) is 5.28.